The summed E-state index contributed by atoms with van der Waals surface area (Å²) in [4.78, 5) is 2.61. The normalized spacial score (nSPS) is 32.3. The Kier molecular flexibility index (Phi) is 4.75. The first-order chi connectivity index (χ1) is 8.12. The van der Waals surface area contributed by atoms with Crippen molar-refractivity contribution in [2.75, 3.05) is 38.6 Å². The minimum Gasteiger partial charge on any atom is -0.381 e. The lowest BCUT2D eigenvalue weighted by Gasteiger charge is -2.44. The molecule has 4 heteroatoms. The first-order valence-corrected chi connectivity index (χ1v) is 7.77. The van der Waals surface area contributed by atoms with Gasteiger partial charge in [-0.3, -0.25) is 4.90 Å². The number of nitrogens with zero attached hydrogens (tertiary/aromatic N) is 1. The average Bonchev–Trinajstić information content (AvgIpc) is 2.30. The van der Waals surface area contributed by atoms with E-state index in [9.17, 15) is 0 Å². The Morgan fingerprint density at radius 3 is 2.94 bits per heavy atom. The number of thioether (sulfide) groups is 1. The molecular formula is C13H26N2OS. The van der Waals surface area contributed by atoms with Gasteiger partial charge in [0.15, 0.2) is 0 Å². The number of hydrogen-bond donors (Lipinski definition) is 1. The number of nitrogens with two attached hydrogens (primary N) is 1. The van der Waals surface area contributed by atoms with Gasteiger partial charge in [0.25, 0.3) is 0 Å². The highest BCUT2D eigenvalue weighted by molar-refractivity contribution is 8.00. The largest absolute Gasteiger partial charge is 0.381 e. The van der Waals surface area contributed by atoms with Crippen molar-refractivity contribution >= 4 is 11.8 Å². The van der Waals surface area contributed by atoms with Crippen LogP contribution in [0.15, 0.2) is 0 Å². The van der Waals surface area contributed by atoms with Crippen molar-refractivity contribution in [3.05, 3.63) is 0 Å². The van der Waals surface area contributed by atoms with Crippen LogP contribution in [0.25, 0.3) is 0 Å². The van der Waals surface area contributed by atoms with Crippen LogP contribution < -0.4 is 5.73 Å². The lowest BCUT2D eigenvalue weighted by Crippen LogP contribution is -2.54. The Labute approximate surface area is 109 Å². The summed E-state index contributed by atoms with van der Waals surface area (Å²) in [5, 5.41) is 0. The minimum absolute atomic E-state index is 0.376. The number of hydrogen-bond acceptors (Lipinski definition) is 4. The Morgan fingerprint density at radius 1 is 1.53 bits per heavy atom. The molecule has 2 aliphatic heterocycles. The third kappa shape index (κ3) is 3.60. The Morgan fingerprint density at radius 2 is 2.35 bits per heavy atom. The molecule has 2 fully saturated rings. The molecule has 0 aromatic carbocycles. The van der Waals surface area contributed by atoms with Crippen LogP contribution in [0.4, 0.5) is 0 Å². The van der Waals surface area contributed by atoms with Gasteiger partial charge in [0.2, 0.25) is 0 Å². The third-order valence-electron chi connectivity index (χ3n) is 3.91. The highest BCUT2D eigenvalue weighted by Gasteiger charge is 2.34. The predicted molar refractivity (Wildman–Crippen MR) is 74.5 cm³/mol. The van der Waals surface area contributed by atoms with Crippen molar-refractivity contribution in [3.63, 3.8) is 0 Å². The van der Waals surface area contributed by atoms with Gasteiger partial charge >= 0.3 is 0 Å². The maximum Gasteiger partial charge on any atom is 0.0509 e. The highest BCUT2D eigenvalue weighted by Crippen LogP contribution is 2.32. The molecule has 2 unspecified atom stereocenters. The van der Waals surface area contributed by atoms with Crippen LogP contribution in [-0.4, -0.2) is 54.3 Å². The van der Waals surface area contributed by atoms with Gasteiger partial charge in [0.05, 0.1) is 6.61 Å². The van der Waals surface area contributed by atoms with Crippen LogP contribution in [0.2, 0.25) is 0 Å². The second kappa shape index (κ2) is 5.91. The van der Waals surface area contributed by atoms with E-state index in [1.807, 2.05) is 0 Å². The van der Waals surface area contributed by atoms with Crippen LogP contribution in [-0.2, 0) is 4.74 Å². The summed E-state index contributed by atoms with van der Waals surface area (Å²) in [5.41, 5.74) is 6.02. The van der Waals surface area contributed by atoms with E-state index >= 15 is 0 Å². The Balaban J connectivity index is 1.96. The SMILES string of the molecule is CC1(C)CN(C(CN)C2CCCOC2)CCS1. The molecule has 0 bridgehead atoms. The number of rotatable bonds is 3. The summed E-state index contributed by atoms with van der Waals surface area (Å²) in [7, 11) is 0. The zero-order chi connectivity index (χ0) is 12.3. The molecule has 2 saturated heterocycles. The molecule has 100 valence electrons. The van der Waals surface area contributed by atoms with E-state index in [1.165, 1.54) is 25.1 Å². The molecule has 0 aliphatic carbocycles. The molecule has 2 heterocycles. The molecule has 0 radical (unpaired) electrons. The van der Waals surface area contributed by atoms with Crippen molar-refractivity contribution in [1.29, 1.82) is 0 Å². The summed E-state index contributed by atoms with van der Waals surface area (Å²) in [5.74, 6) is 1.88. The third-order valence-corrected chi connectivity index (χ3v) is 5.20. The van der Waals surface area contributed by atoms with Crippen LogP contribution in [0.3, 0.4) is 0 Å². The minimum atomic E-state index is 0.376. The predicted octanol–water partition coefficient (Wildman–Crippen LogP) is 1.57. The zero-order valence-corrected chi connectivity index (χ0v) is 12.0. The molecule has 17 heavy (non-hydrogen) atoms. The van der Waals surface area contributed by atoms with Gasteiger partial charge in [-0.05, 0) is 32.6 Å². The van der Waals surface area contributed by atoms with Gasteiger partial charge in [-0.25, -0.2) is 0 Å². The van der Waals surface area contributed by atoms with E-state index in [4.69, 9.17) is 10.5 Å². The lowest BCUT2D eigenvalue weighted by molar-refractivity contribution is 0.0101. The van der Waals surface area contributed by atoms with E-state index < -0.39 is 0 Å². The van der Waals surface area contributed by atoms with Crippen LogP contribution in [0.1, 0.15) is 26.7 Å². The fraction of sp³-hybridized carbons (Fsp3) is 1.00. The quantitative estimate of drug-likeness (QED) is 0.834. The maximum atomic E-state index is 6.02. The summed E-state index contributed by atoms with van der Waals surface area (Å²) in [6, 6.07) is 0.524. The molecule has 2 rings (SSSR count). The highest BCUT2D eigenvalue weighted by atomic mass is 32.2. The van der Waals surface area contributed by atoms with Crippen molar-refractivity contribution in [2.24, 2.45) is 11.7 Å². The van der Waals surface area contributed by atoms with Gasteiger partial charge in [-0.1, -0.05) is 0 Å². The van der Waals surface area contributed by atoms with E-state index in [0.29, 0.717) is 16.7 Å². The standard InChI is InChI=1S/C13H26N2OS/c1-13(2)10-15(5-7-17-13)12(8-14)11-4-3-6-16-9-11/h11-12H,3-10,14H2,1-2H3. The van der Waals surface area contributed by atoms with Crippen LogP contribution in [0.5, 0.6) is 0 Å². The first-order valence-electron chi connectivity index (χ1n) is 6.78. The van der Waals surface area contributed by atoms with Crippen LogP contribution in [0, 0.1) is 5.92 Å². The Bertz CT molecular complexity index is 242. The van der Waals surface area contributed by atoms with Crippen molar-refractivity contribution in [1.82, 2.24) is 4.90 Å². The molecular weight excluding hydrogens is 232 g/mol. The molecule has 0 saturated carbocycles. The molecule has 0 aromatic heterocycles. The second-order valence-corrected chi connectivity index (χ2v) is 7.66. The van der Waals surface area contributed by atoms with Crippen molar-refractivity contribution in [3.8, 4) is 0 Å². The second-order valence-electron chi connectivity index (χ2n) is 5.86. The summed E-state index contributed by atoms with van der Waals surface area (Å²) < 4.78 is 6.00. The van der Waals surface area contributed by atoms with Gasteiger partial charge in [-0.15, -0.1) is 0 Å². The van der Waals surface area contributed by atoms with E-state index in [1.54, 1.807) is 0 Å². The van der Waals surface area contributed by atoms with Crippen molar-refractivity contribution < 1.29 is 4.74 Å². The summed E-state index contributed by atoms with van der Waals surface area (Å²) >= 11 is 2.08. The van der Waals surface area contributed by atoms with Gasteiger partial charge < -0.3 is 10.5 Å². The van der Waals surface area contributed by atoms with Gasteiger partial charge in [0.1, 0.15) is 0 Å². The average molecular weight is 258 g/mol. The number of ether oxygens (including phenoxy) is 1. The van der Waals surface area contributed by atoms with Crippen LogP contribution >= 0.6 is 11.8 Å². The first kappa shape index (κ1) is 13.7. The molecule has 0 aromatic rings. The fourth-order valence-electron chi connectivity index (χ4n) is 3.04. The maximum absolute atomic E-state index is 6.02. The molecule has 0 amide bonds. The fourth-order valence-corrected chi connectivity index (χ4v) is 4.18. The topological polar surface area (TPSA) is 38.5 Å². The molecule has 3 nitrogen and oxygen atoms in total. The van der Waals surface area contributed by atoms with E-state index in [2.05, 4.69) is 30.5 Å². The zero-order valence-electron chi connectivity index (χ0n) is 11.2. The van der Waals surface area contributed by atoms with E-state index in [0.717, 1.165) is 26.3 Å². The summed E-state index contributed by atoms with van der Waals surface area (Å²) in [6.07, 6.45) is 2.49. The molecule has 2 atom stereocenters. The Hall–Kier alpha value is 0.230. The van der Waals surface area contributed by atoms with Crippen molar-refractivity contribution in [2.45, 2.75) is 37.5 Å². The molecule has 2 aliphatic rings. The molecule has 0 spiro atoms. The molecule has 2 N–H and O–H groups in total. The van der Waals surface area contributed by atoms with Gasteiger partial charge in [0, 0.05) is 42.8 Å². The van der Waals surface area contributed by atoms with E-state index in [-0.39, 0.29) is 0 Å². The lowest BCUT2D eigenvalue weighted by atomic mass is 9.92. The summed E-state index contributed by atoms with van der Waals surface area (Å²) in [6.45, 7) is 9.65. The smallest absolute Gasteiger partial charge is 0.0509 e. The van der Waals surface area contributed by atoms with Gasteiger partial charge in [-0.2, -0.15) is 11.8 Å². The monoisotopic (exact) mass is 258 g/mol.